The van der Waals surface area contributed by atoms with Gasteiger partial charge < -0.3 is 15.6 Å². The van der Waals surface area contributed by atoms with Gasteiger partial charge in [-0.15, -0.1) is 0 Å². The molecular formula is C14H21NO2. The Morgan fingerprint density at radius 1 is 1.47 bits per heavy atom. The molecule has 0 saturated heterocycles. The summed E-state index contributed by atoms with van der Waals surface area (Å²) in [4.78, 5) is 0. The number of aliphatic hydroxyl groups is 1. The number of aryl methyl sites for hydroxylation is 1. The SMILES string of the molecule is COc1ccc(C)cc1C1(C)CC1(CN)CO. The molecule has 0 radical (unpaired) electrons. The molecule has 0 amide bonds. The van der Waals surface area contributed by atoms with Gasteiger partial charge in [-0.2, -0.15) is 0 Å². The maximum Gasteiger partial charge on any atom is 0.122 e. The Morgan fingerprint density at radius 3 is 2.65 bits per heavy atom. The fraction of sp³-hybridized carbons (Fsp3) is 0.571. The molecule has 0 aliphatic heterocycles. The van der Waals surface area contributed by atoms with E-state index in [2.05, 4.69) is 19.9 Å². The van der Waals surface area contributed by atoms with Crippen LogP contribution in [0.2, 0.25) is 0 Å². The summed E-state index contributed by atoms with van der Waals surface area (Å²) in [5, 5.41) is 9.57. The number of nitrogens with two attached hydrogens (primary N) is 1. The first kappa shape index (κ1) is 12.4. The highest BCUT2D eigenvalue weighted by atomic mass is 16.5. The standard InChI is InChI=1S/C14H21NO2/c1-10-4-5-12(17-3)11(6-10)13(2)7-14(13,8-15)9-16/h4-6,16H,7-9,15H2,1-3H3. The van der Waals surface area contributed by atoms with E-state index in [-0.39, 0.29) is 17.4 Å². The molecule has 1 aromatic rings. The lowest BCUT2D eigenvalue weighted by Crippen LogP contribution is -2.28. The van der Waals surface area contributed by atoms with E-state index in [9.17, 15) is 5.11 Å². The van der Waals surface area contributed by atoms with Gasteiger partial charge in [0.25, 0.3) is 0 Å². The van der Waals surface area contributed by atoms with Gasteiger partial charge in [0, 0.05) is 22.9 Å². The fourth-order valence-corrected chi connectivity index (χ4v) is 2.86. The molecule has 94 valence electrons. The van der Waals surface area contributed by atoms with Crippen molar-refractivity contribution in [2.45, 2.75) is 25.7 Å². The van der Waals surface area contributed by atoms with Crippen LogP contribution in [-0.2, 0) is 5.41 Å². The quantitative estimate of drug-likeness (QED) is 0.833. The maximum atomic E-state index is 9.57. The van der Waals surface area contributed by atoms with Crippen LogP contribution in [-0.4, -0.2) is 25.4 Å². The van der Waals surface area contributed by atoms with Crippen molar-refractivity contribution in [3.8, 4) is 5.75 Å². The number of ether oxygens (including phenoxy) is 1. The first-order chi connectivity index (χ1) is 8.03. The molecule has 2 rings (SSSR count). The van der Waals surface area contributed by atoms with Crippen LogP contribution in [0.3, 0.4) is 0 Å². The first-order valence-electron chi connectivity index (χ1n) is 5.99. The number of hydrogen-bond donors (Lipinski definition) is 2. The lowest BCUT2D eigenvalue weighted by Gasteiger charge is -2.22. The van der Waals surface area contributed by atoms with Gasteiger partial charge in [0.15, 0.2) is 0 Å². The molecule has 2 unspecified atom stereocenters. The van der Waals surface area contributed by atoms with E-state index in [4.69, 9.17) is 10.5 Å². The van der Waals surface area contributed by atoms with Crippen LogP contribution in [0, 0.1) is 12.3 Å². The van der Waals surface area contributed by atoms with Crippen molar-refractivity contribution in [1.29, 1.82) is 0 Å². The summed E-state index contributed by atoms with van der Waals surface area (Å²) in [5.41, 5.74) is 7.96. The molecule has 1 aliphatic carbocycles. The Kier molecular flexibility index (Phi) is 2.92. The van der Waals surface area contributed by atoms with E-state index in [1.165, 1.54) is 11.1 Å². The van der Waals surface area contributed by atoms with Crippen LogP contribution in [0.15, 0.2) is 18.2 Å². The monoisotopic (exact) mass is 235 g/mol. The minimum atomic E-state index is -0.173. The molecule has 0 spiro atoms. The van der Waals surface area contributed by atoms with Crippen molar-refractivity contribution in [2.75, 3.05) is 20.3 Å². The Morgan fingerprint density at radius 2 is 2.18 bits per heavy atom. The van der Waals surface area contributed by atoms with Crippen molar-refractivity contribution in [2.24, 2.45) is 11.1 Å². The molecule has 0 aromatic heterocycles. The Labute approximate surface area is 103 Å². The van der Waals surface area contributed by atoms with Crippen LogP contribution in [0.5, 0.6) is 5.75 Å². The molecule has 1 fully saturated rings. The second kappa shape index (κ2) is 4.00. The number of methoxy groups -OCH3 is 1. The van der Waals surface area contributed by atoms with Crippen LogP contribution >= 0.6 is 0 Å². The third-order valence-corrected chi connectivity index (χ3v) is 4.38. The predicted molar refractivity (Wildman–Crippen MR) is 68.3 cm³/mol. The van der Waals surface area contributed by atoms with Crippen molar-refractivity contribution in [1.82, 2.24) is 0 Å². The van der Waals surface area contributed by atoms with E-state index in [0.717, 1.165) is 12.2 Å². The minimum Gasteiger partial charge on any atom is -0.496 e. The molecule has 1 aromatic carbocycles. The molecule has 3 nitrogen and oxygen atoms in total. The summed E-state index contributed by atoms with van der Waals surface area (Å²) in [6, 6.07) is 6.18. The highest BCUT2D eigenvalue weighted by molar-refractivity contribution is 5.48. The molecular weight excluding hydrogens is 214 g/mol. The smallest absolute Gasteiger partial charge is 0.122 e. The number of benzene rings is 1. The van der Waals surface area contributed by atoms with Gasteiger partial charge >= 0.3 is 0 Å². The van der Waals surface area contributed by atoms with E-state index in [0.29, 0.717) is 6.54 Å². The van der Waals surface area contributed by atoms with Gasteiger partial charge in [-0.1, -0.05) is 24.6 Å². The highest BCUT2D eigenvalue weighted by Crippen LogP contribution is 2.65. The lowest BCUT2D eigenvalue weighted by atomic mass is 9.86. The van der Waals surface area contributed by atoms with Gasteiger partial charge in [-0.3, -0.25) is 0 Å². The van der Waals surface area contributed by atoms with Crippen LogP contribution in [0.4, 0.5) is 0 Å². The molecule has 3 N–H and O–H groups in total. The van der Waals surface area contributed by atoms with E-state index in [1.54, 1.807) is 7.11 Å². The topological polar surface area (TPSA) is 55.5 Å². The number of rotatable bonds is 4. The van der Waals surface area contributed by atoms with E-state index in [1.807, 2.05) is 12.1 Å². The Balaban J connectivity index is 2.45. The van der Waals surface area contributed by atoms with Crippen molar-refractivity contribution in [3.05, 3.63) is 29.3 Å². The van der Waals surface area contributed by atoms with Gasteiger partial charge in [0.05, 0.1) is 13.7 Å². The van der Waals surface area contributed by atoms with Crippen molar-refractivity contribution >= 4 is 0 Å². The predicted octanol–water partition coefficient (Wildman–Crippen LogP) is 1.60. The van der Waals surface area contributed by atoms with Gasteiger partial charge in [-0.05, 0) is 19.4 Å². The molecule has 1 aliphatic rings. The molecule has 2 atom stereocenters. The Hall–Kier alpha value is -1.06. The summed E-state index contributed by atoms with van der Waals surface area (Å²) < 4.78 is 5.43. The van der Waals surface area contributed by atoms with Crippen molar-refractivity contribution < 1.29 is 9.84 Å². The lowest BCUT2D eigenvalue weighted by molar-refractivity contribution is 0.197. The zero-order chi connectivity index (χ0) is 12.7. The first-order valence-corrected chi connectivity index (χ1v) is 5.99. The van der Waals surface area contributed by atoms with E-state index >= 15 is 0 Å². The second-order valence-electron chi connectivity index (χ2n) is 5.36. The molecule has 0 bridgehead atoms. The van der Waals surface area contributed by atoms with Crippen LogP contribution < -0.4 is 10.5 Å². The number of hydrogen-bond acceptors (Lipinski definition) is 3. The van der Waals surface area contributed by atoms with Gasteiger partial charge in [-0.25, -0.2) is 0 Å². The highest BCUT2D eigenvalue weighted by Gasteiger charge is 2.64. The van der Waals surface area contributed by atoms with E-state index < -0.39 is 0 Å². The minimum absolute atomic E-state index is 0.0616. The largest absolute Gasteiger partial charge is 0.496 e. The normalized spacial score (nSPS) is 31.4. The second-order valence-corrected chi connectivity index (χ2v) is 5.36. The summed E-state index contributed by atoms with van der Waals surface area (Å²) in [6.07, 6.45) is 0.923. The third kappa shape index (κ3) is 1.65. The maximum absolute atomic E-state index is 9.57. The van der Waals surface area contributed by atoms with Gasteiger partial charge in [0.2, 0.25) is 0 Å². The van der Waals surface area contributed by atoms with Gasteiger partial charge in [0.1, 0.15) is 5.75 Å². The Bertz CT molecular complexity index is 426. The average Bonchev–Trinajstić information content (AvgIpc) is 2.97. The summed E-state index contributed by atoms with van der Waals surface area (Å²) in [5.74, 6) is 0.891. The third-order valence-electron chi connectivity index (χ3n) is 4.38. The van der Waals surface area contributed by atoms with Crippen LogP contribution in [0.25, 0.3) is 0 Å². The summed E-state index contributed by atoms with van der Waals surface area (Å²) in [7, 11) is 1.68. The molecule has 1 saturated carbocycles. The van der Waals surface area contributed by atoms with Crippen LogP contribution in [0.1, 0.15) is 24.5 Å². The summed E-state index contributed by atoms with van der Waals surface area (Å²) in [6.45, 7) is 4.87. The average molecular weight is 235 g/mol. The number of aliphatic hydroxyl groups excluding tert-OH is 1. The molecule has 3 heteroatoms. The summed E-state index contributed by atoms with van der Waals surface area (Å²) >= 11 is 0. The fourth-order valence-electron chi connectivity index (χ4n) is 2.86. The molecule has 0 heterocycles. The zero-order valence-corrected chi connectivity index (χ0v) is 10.8. The molecule has 17 heavy (non-hydrogen) atoms. The zero-order valence-electron chi connectivity index (χ0n) is 10.8. The van der Waals surface area contributed by atoms with Crippen molar-refractivity contribution in [3.63, 3.8) is 0 Å².